The second kappa shape index (κ2) is 6.84. The van der Waals surface area contributed by atoms with E-state index in [2.05, 4.69) is 21.0 Å². The summed E-state index contributed by atoms with van der Waals surface area (Å²) < 4.78 is 1.66. The Kier molecular flexibility index (Phi) is 4.61. The van der Waals surface area contributed by atoms with Crippen molar-refractivity contribution in [2.45, 2.75) is 19.9 Å². The number of aromatic amines is 2. The van der Waals surface area contributed by atoms with Crippen LogP contribution >= 0.6 is 12.2 Å². The summed E-state index contributed by atoms with van der Waals surface area (Å²) in [7, 11) is 0. The van der Waals surface area contributed by atoms with Crippen molar-refractivity contribution in [1.29, 1.82) is 0 Å². The zero-order valence-electron chi connectivity index (χ0n) is 13.2. The molecule has 0 aliphatic carbocycles. The first-order valence-electron chi connectivity index (χ1n) is 7.72. The number of fused-ring (bicyclic) bond motifs is 1. The van der Waals surface area contributed by atoms with Crippen LogP contribution in [-0.2, 0) is 13.0 Å². The number of aromatic hydroxyl groups is 1. The number of para-hydroxylation sites is 1. The smallest absolute Gasteiger partial charge is 0.264 e. The minimum Gasteiger partial charge on any atom is -0.494 e. The van der Waals surface area contributed by atoms with Gasteiger partial charge in [0.15, 0.2) is 4.77 Å². The van der Waals surface area contributed by atoms with Gasteiger partial charge in [-0.3, -0.25) is 19.3 Å². The summed E-state index contributed by atoms with van der Waals surface area (Å²) in [5.41, 5.74) is 1.96. The number of hydrogen-bond acceptors (Lipinski definition) is 4. The van der Waals surface area contributed by atoms with E-state index in [9.17, 15) is 9.90 Å². The molecule has 3 rings (SSSR count). The maximum Gasteiger partial charge on any atom is 0.264 e. The molecule has 7 heteroatoms. The SMILES string of the molecule is CCn1c(O)c(C=NCCc2c[nH]c3ccccc23)c(=O)[nH]c1=S. The van der Waals surface area contributed by atoms with Gasteiger partial charge in [0.25, 0.3) is 5.56 Å². The van der Waals surface area contributed by atoms with Gasteiger partial charge >= 0.3 is 0 Å². The zero-order chi connectivity index (χ0) is 17.1. The second-order valence-electron chi connectivity index (χ2n) is 5.39. The van der Waals surface area contributed by atoms with Gasteiger partial charge in [-0.25, -0.2) is 0 Å². The van der Waals surface area contributed by atoms with Crippen molar-refractivity contribution in [3.63, 3.8) is 0 Å². The third-order valence-corrected chi connectivity index (χ3v) is 4.25. The van der Waals surface area contributed by atoms with Crippen LogP contribution in [0.3, 0.4) is 0 Å². The molecule has 0 bridgehead atoms. The van der Waals surface area contributed by atoms with Gasteiger partial charge in [-0.05, 0) is 37.2 Å². The highest BCUT2D eigenvalue weighted by Gasteiger charge is 2.09. The molecule has 0 aliphatic rings. The standard InChI is InChI=1S/C17H18N4O2S/c1-2-21-16(23)13(15(22)20-17(21)24)10-18-8-7-11-9-19-14-6-4-3-5-12(11)14/h3-6,9-10,19,23H,2,7-8H2,1H3,(H,20,22,24). The number of benzene rings is 1. The molecule has 0 unspecified atom stereocenters. The van der Waals surface area contributed by atoms with Crippen LogP contribution < -0.4 is 5.56 Å². The highest BCUT2D eigenvalue weighted by Crippen LogP contribution is 2.18. The fraction of sp³-hybridized carbons (Fsp3) is 0.235. The van der Waals surface area contributed by atoms with E-state index in [0.717, 1.165) is 11.9 Å². The van der Waals surface area contributed by atoms with Crippen LogP contribution in [0.4, 0.5) is 0 Å². The lowest BCUT2D eigenvalue weighted by atomic mass is 10.1. The van der Waals surface area contributed by atoms with Crippen molar-refractivity contribution >= 4 is 29.3 Å². The van der Waals surface area contributed by atoms with Gasteiger partial charge in [-0.2, -0.15) is 0 Å². The summed E-state index contributed by atoms with van der Waals surface area (Å²) in [6.07, 6.45) is 4.12. The first-order valence-corrected chi connectivity index (χ1v) is 8.13. The number of aliphatic imine (C=N–C) groups is 1. The van der Waals surface area contributed by atoms with Crippen LogP contribution in [0.25, 0.3) is 10.9 Å². The van der Waals surface area contributed by atoms with Crippen molar-refractivity contribution in [2.75, 3.05) is 6.54 Å². The van der Waals surface area contributed by atoms with Crippen LogP contribution in [-0.4, -0.2) is 32.4 Å². The first-order chi connectivity index (χ1) is 11.6. The third kappa shape index (κ3) is 3.03. The van der Waals surface area contributed by atoms with Crippen molar-refractivity contribution in [3.05, 3.63) is 56.7 Å². The molecule has 0 saturated carbocycles. The van der Waals surface area contributed by atoms with E-state index in [1.54, 1.807) is 0 Å². The maximum absolute atomic E-state index is 11.9. The lowest BCUT2D eigenvalue weighted by Gasteiger charge is -2.07. The molecule has 3 N–H and O–H groups in total. The van der Waals surface area contributed by atoms with Gasteiger partial charge in [-0.15, -0.1) is 0 Å². The van der Waals surface area contributed by atoms with E-state index in [4.69, 9.17) is 12.2 Å². The summed E-state index contributed by atoms with van der Waals surface area (Å²) in [6.45, 7) is 2.83. The Morgan fingerprint density at radius 1 is 1.38 bits per heavy atom. The molecule has 3 aromatic rings. The molecule has 24 heavy (non-hydrogen) atoms. The summed E-state index contributed by atoms with van der Waals surface area (Å²) in [5.74, 6) is -0.151. The highest BCUT2D eigenvalue weighted by atomic mass is 32.1. The maximum atomic E-state index is 11.9. The van der Waals surface area contributed by atoms with Gasteiger partial charge in [0.2, 0.25) is 5.88 Å². The molecule has 6 nitrogen and oxygen atoms in total. The molecule has 0 saturated heterocycles. The Bertz CT molecular complexity index is 1010. The van der Waals surface area contributed by atoms with Gasteiger partial charge in [-0.1, -0.05) is 18.2 Å². The molecule has 0 radical (unpaired) electrons. The number of hydrogen-bond donors (Lipinski definition) is 3. The van der Waals surface area contributed by atoms with E-state index in [1.807, 2.05) is 31.3 Å². The van der Waals surface area contributed by atoms with Crippen LogP contribution in [0.1, 0.15) is 18.1 Å². The van der Waals surface area contributed by atoms with Crippen molar-refractivity contribution < 1.29 is 5.11 Å². The summed E-state index contributed by atoms with van der Waals surface area (Å²) >= 11 is 5.02. The Hall–Kier alpha value is -2.67. The fourth-order valence-electron chi connectivity index (χ4n) is 2.66. The largest absolute Gasteiger partial charge is 0.494 e. The molecule has 0 amide bonds. The van der Waals surface area contributed by atoms with Gasteiger partial charge in [0.1, 0.15) is 5.56 Å². The average Bonchev–Trinajstić information content (AvgIpc) is 2.97. The molecular formula is C17H18N4O2S. The van der Waals surface area contributed by atoms with Crippen LogP contribution in [0, 0.1) is 4.77 Å². The molecule has 0 atom stereocenters. The van der Waals surface area contributed by atoms with Gasteiger partial charge in [0, 0.05) is 36.4 Å². The van der Waals surface area contributed by atoms with Gasteiger partial charge in [0.05, 0.1) is 0 Å². The Labute approximate surface area is 143 Å². The summed E-state index contributed by atoms with van der Waals surface area (Å²) in [6, 6.07) is 8.08. The molecule has 2 heterocycles. The van der Waals surface area contributed by atoms with E-state index in [1.165, 1.54) is 21.7 Å². The predicted octanol–water partition coefficient (Wildman–Crippen LogP) is 2.77. The Morgan fingerprint density at radius 3 is 2.96 bits per heavy atom. The van der Waals surface area contributed by atoms with Crippen molar-refractivity contribution in [1.82, 2.24) is 14.5 Å². The number of H-pyrrole nitrogens is 2. The Morgan fingerprint density at radius 2 is 2.17 bits per heavy atom. The number of rotatable bonds is 5. The minimum absolute atomic E-state index is 0.129. The van der Waals surface area contributed by atoms with Crippen LogP contribution in [0.15, 0.2) is 40.2 Å². The minimum atomic E-state index is -0.432. The molecule has 0 aliphatic heterocycles. The normalized spacial score (nSPS) is 11.5. The number of aromatic nitrogens is 3. The predicted molar refractivity (Wildman–Crippen MR) is 97.7 cm³/mol. The number of nitrogens with zero attached hydrogens (tertiary/aromatic N) is 2. The molecule has 0 spiro atoms. The lowest BCUT2D eigenvalue weighted by Crippen LogP contribution is -2.18. The first kappa shape index (κ1) is 16.2. The molecular weight excluding hydrogens is 324 g/mol. The highest BCUT2D eigenvalue weighted by molar-refractivity contribution is 7.71. The van der Waals surface area contributed by atoms with Crippen LogP contribution in [0.2, 0.25) is 0 Å². The monoisotopic (exact) mass is 342 g/mol. The summed E-state index contributed by atoms with van der Waals surface area (Å²) in [4.78, 5) is 22.0. The van der Waals surface area contributed by atoms with E-state index >= 15 is 0 Å². The van der Waals surface area contributed by atoms with Crippen molar-refractivity contribution in [2.24, 2.45) is 4.99 Å². The zero-order valence-corrected chi connectivity index (χ0v) is 14.1. The summed E-state index contributed by atoms with van der Waals surface area (Å²) in [5, 5.41) is 11.3. The molecule has 0 fully saturated rings. The van der Waals surface area contributed by atoms with E-state index in [0.29, 0.717) is 13.1 Å². The fourth-order valence-corrected chi connectivity index (χ4v) is 2.97. The topological polar surface area (TPSA) is 86.2 Å². The second-order valence-corrected chi connectivity index (χ2v) is 5.77. The van der Waals surface area contributed by atoms with E-state index in [-0.39, 0.29) is 16.2 Å². The lowest BCUT2D eigenvalue weighted by molar-refractivity contribution is 0.408. The number of nitrogens with one attached hydrogen (secondary N) is 2. The molecule has 124 valence electrons. The van der Waals surface area contributed by atoms with Gasteiger partial charge < -0.3 is 10.1 Å². The third-order valence-electron chi connectivity index (χ3n) is 3.93. The van der Waals surface area contributed by atoms with E-state index < -0.39 is 5.56 Å². The van der Waals surface area contributed by atoms with Crippen molar-refractivity contribution in [3.8, 4) is 5.88 Å². The quantitative estimate of drug-likeness (QED) is 0.492. The molecule has 2 aromatic heterocycles. The molecule has 1 aromatic carbocycles. The average molecular weight is 342 g/mol. The van der Waals surface area contributed by atoms with Crippen LogP contribution in [0.5, 0.6) is 5.88 Å². The Balaban J connectivity index is 1.78.